The number of carbonyl (C=O) groups excluding carboxylic acids is 3. The average molecular weight is 579 g/mol. The molecule has 2 aromatic carbocycles. The number of sulfonamides is 1. The van der Waals surface area contributed by atoms with E-state index in [4.69, 9.17) is 9.47 Å². The smallest absolute Gasteiger partial charge is 0.341 e. The van der Waals surface area contributed by atoms with Gasteiger partial charge in [-0.15, -0.1) is 11.3 Å². The molecule has 0 spiro atoms. The van der Waals surface area contributed by atoms with Gasteiger partial charge in [0.2, 0.25) is 0 Å². The molecule has 0 aliphatic heterocycles. The van der Waals surface area contributed by atoms with Crippen LogP contribution in [0.5, 0.6) is 0 Å². The summed E-state index contributed by atoms with van der Waals surface area (Å²) in [7, 11) is -4.21. The van der Waals surface area contributed by atoms with E-state index in [0.717, 1.165) is 42.2 Å². The SMILES string of the molecule is CCOC(=O)c1c(NC(=O)COC(=O)c2ccc(NS(=O)(=O)c3ccc(F)c(F)c3)cc2)sc2c1CCCC2. The first-order valence-electron chi connectivity index (χ1n) is 12.0. The molecule has 13 heteroatoms. The van der Waals surface area contributed by atoms with Crippen molar-refractivity contribution in [2.75, 3.05) is 23.3 Å². The molecular weight excluding hydrogens is 554 g/mol. The third kappa shape index (κ3) is 6.60. The summed E-state index contributed by atoms with van der Waals surface area (Å²) < 4.78 is 63.8. The van der Waals surface area contributed by atoms with Crippen molar-refractivity contribution in [3.05, 3.63) is 75.7 Å². The highest BCUT2D eigenvalue weighted by Gasteiger charge is 2.27. The van der Waals surface area contributed by atoms with Gasteiger partial charge in [-0.05, 0) is 80.6 Å². The van der Waals surface area contributed by atoms with Gasteiger partial charge in [-0.1, -0.05) is 0 Å². The number of fused-ring (bicyclic) bond motifs is 1. The van der Waals surface area contributed by atoms with Crippen molar-refractivity contribution < 1.29 is 41.1 Å². The van der Waals surface area contributed by atoms with Crippen LogP contribution in [-0.4, -0.2) is 39.5 Å². The van der Waals surface area contributed by atoms with E-state index in [1.807, 2.05) is 0 Å². The number of thiophene rings is 1. The summed E-state index contributed by atoms with van der Waals surface area (Å²) in [5.74, 6) is -4.47. The second-order valence-corrected chi connectivity index (χ2v) is 11.3. The van der Waals surface area contributed by atoms with Crippen LogP contribution in [0.3, 0.4) is 0 Å². The molecule has 0 bridgehead atoms. The Labute approximate surface area is 227 Å². The highest BCUT2D eigenvalue weighted by Crippen LogP contribution is 2.38. The zero-order valence-corrected chi connectivity index (χ0v) is 22.3. The molecule has 39 heavy (non-hydrogen) atoms. The molecule has 4 rings (SSSR count). The van der Waals surface area contributed by atoms with Gasteiger partial charge < -0.3 is 14.8 Å². The Morgan fingerprint density at radius 3 is 2.36 bits per heavy atom. The molecular formula is C26H24F2N2O7S2. The Morgan fingerprint density at radius 1 is 0.949 bits per heavy atom. The van der Waals surface area contributed by atoms with E-state index in [1.54, 1.807) is 6.92 Å². The van der Waals surface area contributed by atoms with Gasteiger partial charge in [0.1, 0.15) is 5.00 Å². The van der Waals surface area contributed by atoms with Crippen molar-refractivity contribution in [3.63, 3.8) is 0 Å². The summed E-state index contributed by atoms with van der Waals surface area (Å²) in [4.78, 5) is 38.0. The third-order valence-corrected chi connectivity index (χ3v) is 8.40. The number of hydrogen-bond acceptors (Lipinski definition) is 8. The fourth-order valence-corrected chi connectivity index (χ4v) is 6.35. The normalized spacial score (nSPS) is 12.8. The van der Waals surface area contributed by atoms with Crippen LogP contribution in [-0.2, 0) is 37.1 Å². The van der Waals surface area contributed by atoms with Gasteiger partial charge in [-0.2, -0.15) is 0 Å². The van der Waals surface area contributed by atoms with Crippen molar-refractivity contribution in [2.24, 2.45) is 0 Å². The van der Waals surface area contributed by atoms with Crippen LogP contribution in [0.2, 0.25) is 0 Å². The Hall–Kier alpha value is -3.84. The maximum atomic E-state index is 13.4. The number of ether oxygens (including phenoxy) is 2. The number of halogens is 2. The highest BCUT2D eigenvalue weighted by molar-refractivity contribution is 7.92. The van der Waals surface area contributed by atoms with E-state index < -0.39 is 51.0 Å². The van der Waals surface area contributed by atoms with Crippen LogP contribution in [0.25, 0.3) is 0 Å². The molecule has 1 aromatic heterocycles. The molecule has 9 nitrogen and oxygen atoms in total. The second kappa shape index (κ2) is 11.9. The maximum absolute atomic E-state index is 13.4. The summed E-state index contributed by atoms with van der Waals surface area (Å²) in [6, 6.07) is 7.26. The number of amides is 1. The summed E-state index contributed by atoms with van der Waals surface area (Å²) in [5.41, 5.74) is 1.33. The lowest BCUT2D eigenvalue weighted by Crippen LogP contribution is -2.22. The minimum Gasteiger partial charge on any atom is -0.462 e. The summed E-state index contributed by atoms with van der Waals surface area (Å²) >= 11 is 1.31. The molecule has 0 atom stereocenters. The monoisotopic (exact) mass is 578 g/mol. The lowest BCUT2D eigenvalue weighted by atomic mass is 9.95. The molecule has 1 aliphatic carbocycles. The van der Waals surface area contributed by atoms with Crippen molar-refractivity contribution >= 4 is 49.9 Å². The van der Waals surface area contributed by atoms with Crippen molar-refractivity contribution in [1.29, 1.82) is 0 Å². The predicted molar refractivity (Wildman–Crippen MR) is 139 cm³/mol. The van der Waals surface area contributed by atoms with Gasteiger partial charge in [0.05, 0.1) is 22.6 Å². The second-order valence-electron chi connectivity index (χ2n) is 8.52. The number of benzene rings is 2. The van der Waals surface area contributed by atoms with E-state index in [-0.39, 0.29) is 17.9 Å². The summed E-state index contributed by atoms with van der Waals surface area (Å²) in [6.07, 6.45) is 3.46. The molecule has 206 valence electrons. The highest BCUT2D eigenvalue weighted by atomic mass is 32.2. The average Bonchev–Trinajstić information content (AvgIpc) is 3.27. The number of anilines is 2. The predicted octanol–water partition coefficient (Wildman–Crippen LogP) is 4.68. The molecule has 1 aliphatic rings. The first kappa shape index (κ1) is 28.2. The Morgan fingerprint density at radius 2 is 1.67 bits per heavy atom. The number of carbonyl (C=O) groups is 3. The Bertz CT molecular complexity index is 1520. The van der Waals surface area contributed by atoms with Crippen LogP contribution < -0.4 is 10.0 Å². The topological polar surface area (TPSA) is 128 Å². The number of rotatable bonds is 9. The molecule has 0 saturated carbocycles. The number of nitrogens with one attached hydrogen (secondary N) is 2. The molecule has 2 N–H and O–H groups in total. The maximum Gasteiger partial charge on any atom is 0.341 e. The van der Waals surface area contributed by atoms with Crippen LogP contribution in [0.15, 0.2) is 47.4 Å². The fourth-order valence-electron chi connectivity index (χ4n) is 3.98. The minimum absolute atomic E-state index is 0.0392. The number of hydrogen-bond donors (Lipinski definition) is 2. The lowest BCUT2D eigenvalue weighted by Gasteiger charge is -2.12. The first-order chi connectivity index (χ1) is 18.6. The third-order valence-electron chi connectivity index (χ3n) is 5.81. The van der Waals surface area contributed by atoms with E-state index in [9.17, 15) is 31.6 Å². The largest absolute Gasteiger partial charge is 0.462 e. The van der Waals surface area contributed by atoms with Crippen LogP contribution in [0, 0.1) is 11.6 Å². The molecule has 0 radical (unpaired) electrons. The zero-order chi connectivity index (χ0) is 28.2. The fraction of sp³-hybridized carbons (Fsp3) is 0.269. The van der Waals surface area contributed by atoms with Gasteiger partial charge in [0.25, 0.3) is 15.9 Å². The van der Waals surface area contributed by atoms with Crippen molar-refractivity contribution in [3.8, 4) is 0 Å². The van der Waals surface area contributed by atoms with Crippen molar-refractivity contribution in [2.45, 2.75) is 37.5 Å². The van der Waals surface area contributed by atoms with E-state index in [1.165, 1.54) is 35.6 Å². The molecule has 0 fully saturated rings. The van der Waals surface area contributed by atoms with Crippen molar-refractivity contribution in [1.82, 2.24) is 0 Å². The van der Waals surface area contributed by atoms with Crippen LogP contribution >= 0.6 is 11.3 Å². The van der Waals surface area contributed by atoms with E-state index in [0.29, 0.717) is 22.7 Å². The Kier molecular flexibility index (Phi) is 8.60. The molecule has 0 saturated heterocycles. The zero-order valence-electron chi connectivity index (χ0n) is 20.7. The number of aryl methyl sites for hydroxylation is 1. The van der Waals surface area contributed by atoms with Gasteiger partial charge in [-0.25, -0.2) is 26.8 Å². The lowest BCUT2D eigenvalue weighted by molar-refractivity contribution is -0.119. The summed E-state index contributed by atoms with van der Waals surface area (Å²) in [5, 5.41) is 3.01. The first-order valence-corrected chi connectivity index (χ1v) is 14.3. The van der Waals surface area contributed by atoms with Gasteiger partial charge >= 0.3 is 11.9 Å². The standard InChI is InChI=1S/C26H24F2N2O7S2/c1-2-36-26(33)23-18-5-3-4-6-21(18)38-24(23)29-22(31)14-37-25(32)15-7-9-16(10-8-15)30-39(34,35)17-11-12-19(27)20(28)13-17/h7-13,30H,2-6,14H2,1H3,(H,29,31). The Balaban J connectivity index is 1.36. The van der Waals surface area contributed by atoms with Gasteiger partial charge in [0.15, 0.2) is 18.2 Å². The molecule has 3 aromatic rings. The van der Waals surface area contributed by atoms with E-state index in [2.05, 4.69) is 10.0 Å². The quantitative estimate of drug-likeness (QED) is 0.353. The minimum atomic E-state index is -4.21. The van der Waals surface area contributed by atoms with Crippen LogP contribution in [0.4, 0.5) is 19.5 Å². The van der Waals surface area contributed by atoms with Crippen LogP contribution in [0.1, 0.15) is 50.9 Å². The van der Waals surface area contributed by atoms with E-state index >= 15 is 0 Å². The summed E-state index contributed by atoms with van der Waals surface area (Å²) in [6.45, 7) is 1.27. The molecule has 0 unspecified atom stereocenters. The molecule has 1 amide bonds. The number of esters is 2. The van der Waals surface area contributed by atoms with Gasteiger partial charge in [-0.3, -0.25) is 9.52 Å². The molecule has 1 heterocycles. The van der Waals surface area contributed by atoms with Gasteiger partial charge in [0, 0.05) is 10.6 Å².